The number of nitrogens with one attached hydrogen (secondary N) is 1. The molecule has 0 aliphatic carbocycles. The van der Waals surface area contributed by atoms with Crippen LogP contribution in [0.3, 0.4) is 0 Å². The third-order valence-electron chi connectivity index (χ3n) is 4.35. The third-order valence-corrected chi connectivity index (χ3v) is 4.35. The number of likely N-dealkylation sites (tertiary alicyclic amines) is 1. The molecule has 1 aliphatic rings. The van der Waals surface area contributed by atoms with E-state index in [1.807, 2.05) is 32.2 Å². The molecule has 5 heteroatoms. The number of piperidine rings is 1. The maximum Gasteiger partial charge on any atom is 0.238 e. The van der Waals surface area contributed by atoms with Crippen LogP contribution in [0.2, 0.25) is 0 Å². The summed E-state index contributed by atoms with van der Waals surface area (Å²) in [5, 5.41) is 2.96. The number of carbonyl (C=O) groups is 1. The van der Waals surface area contributed by atoms with Gasteiger partial charge in [-0.05, 0) is 64.6 Å². The van der Waals surface area contributed by atoms with Crippen molar-refractivity contribution in [3.63, 3.8) is 0 Å². The fourth-order valence-corrected chi connectivity index (χ4v) is 2.77. The predicted molar refractivity (Wildman–Crippen MR) is 87.4 cm³/mol. The molecular formula is C16H26N4O. The average molecular weight is 290 g/mol. The van der Waals surface area contributed by atoms with Gasteiger partial charge in [-0.3, -0.25) is 9.69 Å². The summed E-state index contributed by atoms with van der Waals surface area (Å²) in [5.41, 5.74) is 8.29. The van der Waals surface area contributed by atoms with Crippen LogP contribution in [0.5, 0.6) is 0 Å². The average Bonchev–Trinajstić information content (AvgIpc) is 2.44. The zero-order valence-corrected chi connectivity index (χ0v) is 13.2. The highest BCUT2D eigenvalue weighted by molar-refractivity contribution is 5.93. The molecule has 21 heavy (non-hydrogen) atoms. The molecule has 2 rings (SSSR count). The lowest BCUT2D eigenvalue weighted by Gasteiger charge is -2.34. The van der Waals surface area contributed by atoms with Crippen molar-refractivity contribution in [1.29, 1.82) is 0 Å². The molecular weight excluding hydrogens is 264 g/mol. The van der Waals surface area contributed by atoms with Crippen molar-refractivity contribution in [2.24, 2.45) is 0 Å². The molecule has 0 radical (unpaired) electrons. The quantitative estimate of drug-likeness (QED) is 0.826. The van der Waals surface area contributed by atoms with E-state index in [0.717, 1.165) is 37.2 Å². The van der Waals surface area contributed by atoms with Crippen LogP contribution in [0.1, 0.15) is 18.4 Å². The Morgan fingerprint density at radius 2 is 2.10 bits per heavy atom. The summed E-state index contributed by atoms with van der Waals surface area (Å²) in [4.78, 5) is 16.7. The van der Waals surface area contributed by atoms with E-state index in [-0.39, 0.29) is 5.91 Å². The van der Waals surface area contributed by atoms with Gasteiger partial charge in [0.05, 0.1) is 6.54 Å². The van der Waals surface area contributed by atoms with Crippen molar-refractivity contribution in [2.75, 3.05) is 44.8 Å². The van der Waals surface area contributed by atoms with Gasteiger partial charge in [0.2, 0.25) is 5.91 Å². The molecule has 1 fully saturated rings. The molecule has 1 aromatic rings. The number of rotatable bonds is 4. The third kappa shape index (κ3) is 4.19. The van der Waals surface area contributed by atoms with Gasteiger partial charge in [-0.15, -0.1) is 0 Å². The highest BCUT2D eigenvalue weighted by atomic mass is 16.2. The zero-order chi connectivity index (χ0) is 15.4. The summed E-state index contributed by atoms with van der Waals surface area (Å²) in [7, 11) is 4.17. The van der Waals surface area contributed by atoms with Crippen LogP contribution in [-0.2, 0) is 4.79 Å². The van der Waals surface area contributed by atoms with Gasteiger partial charge < -0.3 is 16.0 Å². The Labute approximate surface area is 127 Å². The largest absolute Gasteiger partial charge is 0.398 e. The number of carbonyl (C=O) groups excluding carboxylic acids is 1. The number of nitrogen functional groups attached to an aromatic ring is 1. The van der Waals surface area contributed by atoms with Crippen molar-refractivity contribution in [1.82, 2.24) is 9.80 Å². The van der Waals surface area contributed by atoms with Gasteiger partial charge in [0.25, 0.3) is 0 Å². The maximum absolute atomic E-state index is 12.2. The molecule has 3 N–H and O–H groups in total. The SMILES string of the molecule is Cc1c(N)cccc1NC(=O)CN(C)C1CCN(C)CC1. The van der Waals surface area contributed by atoms with Gasteiger partial charge in [0.15, 0.2) is 0 Å². The first-order valence-corrected chi connectivity index (χ1v) is 7.51. The summed E-state index contributed by atoms with van der Waals surface area (Å²) in [6.07, 6.45) is 2.25. The Kier molecular flexibility index (Phi) is 5.20. The smallest absolute Gasteiger partial charge is 0.238 e. The minimum atomic E-state index is 0.0186. The fraction of sp³-hybridized carbons (Fsp3) is 0.562. The Balaban J connectivity index is 1.88. The number of hydrogen-bond donors (Lipinski definition) is 2. The minimum Gasteiger partial charge on any atom is -0.398 e. The summed E-state index contributed by atoms with van der Waals surface area (Å²) in [6, 6.07) is 6.09. The van der Waals surface area contributed by atoms with Gasteiger partial charge in [-0.25, -0.2) is 0 Å². The maximum atomic E-state index is 12.2. The monoisotopic (exact) mass is 290 g/mol. The van der Waals surface area contributed by atoms with Crippen LogP contribution >= 0.6 is 0 Å². The second kappa shape index (κ2) is 6.91. The van der Waals surface area contributed by atoms with Gasteiger partial charge >= 0.3 is 0 Å². The van der Waals surface area contributed by atoms with Gasteiger partial charge in [-0.2, -0.15) is 0 Å². The van der Waals surface area contributed by atoms with Crippen LogP contribution in [-0.4, -0.2) is 55.5 Å². The van der Waals surface area contributed by atoms with E-state index in [1.54, 1.807) is 0 Å². The van der Waals surface area contributed by atoms with Crippen molar-refractivity contribution < 1.29 is 4.79 Å². The topological polar surface area (TPSA) is 61.6 Å². The number of nitrogens with two attached hydrogens (primary N) is 1. The molecule has 1 aliphatic heterocycles. The molecule has 0 bridgehead atoms. The molecule has 0 spiro atoms. The van der Waals surface area contributed by atoms with E-state index in [9.17, 15) is 4.79 Å². The van der Waals surface area contributed by atoms with Gasteiger partial charge in [0.1, 0.15) is 0 Å². The number of anilines is 2. The highest BCUT2D eigenvalue weighted by Crippen LogP contribution is 2.20. The van der Waals surface area contributed by atoms with Crippen LogP contribution in [0.15, 0.2) is 18.2 Å². The lowest BCUT2D eigenvalue weighted by Crippen LogP contribution is -2.44. The summed E-state index contributed by atoms with van der Waals surface area (Å²) in [6.45, 7) is 4.55. The van der Waals surface area contributed by atoms with Crippen molar-refractivity contribution in [2.45, 2.75) is 25.8 Å². The summed E-state index contributed by atoms with van der Waals surface area (Å²) in [5.74, 6) is 0.0186. The van der Waals surface area contributed by atoms with Gasteiger partial charge in [0, 0.05) is 17.4 Å². The van der Waals surface area contributed by atoms with Crippen LogP contribution < -0.4 is 11.1 Å². The standard InChI is InChI=1S/C16H26N4O/c1-12-14(17)5-4-6-15(12)18-16(21)11-20(3)13-7-9-19(2)10-8-13/h4-6,13H,7-11,17H2,1-3H3,(H,18,21). The first-order chi connectivity index (χ1) is 9.97. The Morgan fingerprint density at radius 3 is 2.76 bits per heavy atom. The molecule has 1 heterocycles. The first kappa shape index (κ1) is 15.8. The molecule has 0 aromatic heterocycles. The molecule has 0 saturated carbocycles. The van der Waals surface area contributed by atoms with E-state index in [2.05, 4.69) is 22.2 Å². The highest BCUT2D eigenvalue weighted by Gasteiger charge is 2.22. The lowest BCUT2D eigenvalue weighted by atomic mass is 10.0. The summed E-state index contributed by atoms with van der Waals surface area (Å²) >= 11 is 0. The Bertz CT molecular complexity index is 495. The number of benzene rings is 1. The van der Waals surface area contributed by atoms with E-state index in [4.69, 9.17) is 5.73 Å². The van der Waals surface area contributed by atoms with E-state index in [0.29, 0.717) is 18.3 Å². The fourth-order valence-electron chi connectivity index (χ4n) is 2.77. The molecule has 5 nitrogen and oxygen atoms in total. The number of likely N-dealkylation sites (N-methyl/N-ethyl adjacent to an activating group) is 1. The van der Waals surface area contributed by atoms with Crippen molar-refractivity contribution >= 4 is 17.3 Å². The number of hydrogen-bond acceptors (Lipinski definition) is 4. The lowest BCUT2D eigenvalue weighted by molar-refractivity contribution is -0.117. The normalized spacial score (nSPS) is 17.1. The second-order valence-electron chi connectivity index (χ2n) is 6.02. The van der Waals surface area contributed by atoms with E-state index < -0.39 is 0 Å². The molecule has 1 aromatic carbocycles. The Hall–Kier alpha value is -1.59. The molecule has 1 amide bonds. The van der Waals surface area contributed by atoms with Crippen LogP contribution in [0.4, 0.5) is 11.4 Å². The Morgan fingerprint density at radius 1 is 1.43 bits per heavy atom. The first-order valence-electron chi connectivity index (χ1n) is 7.51. The number of amides is 1. The predicted octanol–water partition coefficient (Wildman–Crippen LogP) is 1.54. The van der Waals surface area contributed by atoms with Crippen LogP contribution in [0, 0.1) is 6.92 Å². The van der Waals surface area contributed by atoms with E-state index in [1.165, 1.54) is 0 Å². The van der Waals surface area contributed by atoms with Crippen molar-refractivity contribution in [3.05, 3.63) is 23.8 Å². The molecule has 116 valence electrons. The number of nitrogens with zero attached hydrogens (tertiary/aromatic N) is 2. The zero-order valence-electron chi connectivity index (χ0n) is 13.2. The second-order valence-corrected chi connectivity index (χ2v) is 6.02. The van der Waals surface area contributed by atoms with Gasteiger partial charge in [-0.1, -0.05) is 6.07 Å². The molecule has 0 atom stereocenters. The molecule has 0 unspecified atom stereocenters. The summed E-state index contributed by atoms with van der Waals surface area (Å²) < 4.78 is 0. The minimum absolute atomic E-state index is 0.0186. The molecule has 1 saturated heterocycles. The van der Waals surface area contributed by atoms with Crippen LogP contribution in [0.25, 0.3) is 0 Å². The van der Waals surface area contributed by atoms with E-state index >= 15 is 0 Å². The van der Waals surface area contributed by atoms with Crippen molar-refractivity contribution in [3.8, 4) is 0 Å².